The van der Waals surface area contributed by atoms with Gasteiger partial charge in [-0.05, 0) is 30.7 Å². The SMILES string of the molecule is C[C@@H](CO)Nc1nc(NCc2cccnc2)cc(-c2ccccn2)n1. The third kappa shape index (κ3) is 4.71. The lowest BCUT2D eigenvalue weighted by molar-refractivity contribution is 0.281. The van der Waals surface area contributed by atoms with E-state index in [9.17, 15) is 5.11 Å². The number of aliphatic hydroxyl groups is 1. The van der Waals surface area contributed by atoms with Crippen molar-refractivity contribution in [3.8, 4) is 11.4 Å². The first kappa shape index (κ1) is 16.8. The highest BCUT2D eigenvalue weighted by atomic mass is 16.3. The van der Waals surface area contributed by atoms with Gasteiger partial charge in [-0.1, -0.05) is 12.1 Å². The van der Waals surface area contributed by atoms with E-state index in [1.165, 1.54) is 0 Å². The molecule has 3 aromatic rings. The van der Waals surface area contributed by atoms with Gasteiger partial charge >= 0.3 is 0 Å². The molecular formula is C18H20N6O. The minimum absolute atomic E-state index is 0.00434. The molecule has 0 unspecified atom stereocenters. The van der Waals surface area contributed by atoms with Crippen molar-refractivity contribution >= 4 is 11.8 Å². The van der Waals surface area contributed by atoms with Crippen LogP contribution in [0.5, 0.6) is 0 Å². The second kappa shape index (κ2) is 8.16. The number of anilines is 2. The van der Waals surface area contributed by atoms with Gasteiger partial charge in [0.2, 0.25) is 5.95 Å². The molecule has 7 nitrogen and oxygen atoms in total. The molecule has 0 fully saturated rings. The summed E-state index contributed by atoms with van der Waals surface area (Å²) in [6, 6.07) is 11.3. The van der Waals surface area contributed by atoms with Gasteiger partial charge in [-0.3, -0.25) is 9.97 Å². The predicted octanol–water partition coefficient (Wildman–Crippen LogP) is 2.34. The highest BCUT2D eigenvalue weighted by molar-refractivity contribution is 5.61. The van der Waals surface area contributed by atoms with E-state index < -0.39 is 0 Å². The fraction of sp³-hybridized carbons (Fsp3) is 0.222. The first-order valence-corrected chi connectivity index (χ1v) is 8.05. The number of pyridine rings is 2. The molecule has 0 aliphatic heterocycles. The molecule has 25 heavy (non-hydrogen) atoms. The largest absolute Gasteiger partial charge is 0.394 e. The first-order chi connectivity index (χ1) is 12.2. The van der Waals surface area contributed by atoms with Crippen molar-refractivity contribution in [3.05, 3.63) is 60.6 Å². The van der Waals surface area contributed by atoms with Gasteiger partial charge in [0.25, 0.3) is 0 Å². The Morgan fingerprint density at radius 3 is 2.72 bits per heavy atom. The Morgan fingerprint density at radius 1 is 1.08 bits per heavy atom. The molecule has 7 heteroatoms. The Balaban J connectivity index is 1.86. The second-order valence-electron chi connectivity index (χ2n) is 5.62. The molecule has 0 aromatic carbocycles. The van der Waals surface area contributed by atoms with E-state index in [1.807, 2.05) is 43.3 Å². The summed E-state index contributed by atoms with van der Waals surface area (Å²) in [4.78, 5) is 17.4. The van der Waals surface area contributed by atoms with Gasteiger partial charge in [0.15, 0.2) is 0 Å². The van der Waals surface area contributed by atoms with Gasteiger partial charge in [0.05, 0.1) is 18.0 Å². The zero-order chi connectivity index (χ0) is 17.5. The van der Waals surface area contributed by atoms with Crippen LogP contribution in [0.4, 0.5) is 11.8 Å². The van der Waals surface area contributed by atoms with Crippen LogP contribution < -0.4 is 10.6 Å². The Morgan fingerprint density at radius 2 is 2.00 bits per heavy atom. The standard InChI is InChI=1S/C18H20N6O/c1-13(12-25)22-18-23-16(15-6-2-3-8-20-15)9-17(24-18)21-11-14-5-4-7-19-10-14/h2-10,13,25H,11-12H2,1H3,(H2,21,22,23,24)/t13-/m0/s1. The number of rotatable bonds is 7. The zero-order valence-corrected chi connectivity index (χ0v) is 13.9. The molecule has 0 saturated heterocycles. The van der Waals surface area contributed by atoms with Crippen molar-refractivity contribution in [1.82, 2.24) is 19.9 Å². The summed E-state index contributed by atoms with van der Waals surface area (Å²) in [6.45, 7) is 2.46. The molecule has 1 atom stereocenters. The minimum Gasteiger partial charge on any atom is -0.394 e. The maximum atomic E-state index is 9.25. The normalized spacial score (nSPS) is 11.8. The summed E-state index contributed by atoms with van der Waals surface area (Å²) in [7, 11) is 0. The maximum absolute atomic E-state index is 9.25. The van der Waals surface area contributed by atoms with Gasteiger partial charge in [-0.15, -0.1) is 0 Å². The van der Waals surface area contributed by atoms with Gasteiger partial charge in [0.1, 0.15) is 5.82 Å². The smallest absolute Gasteiger partial charge is 0.225 e. The quantitative estimate of drug-likeness (QED) is 0.609. The number of hydrogen-bond donors (Lipinski definition) is 3. The molecule has 3 N–H and O–H groups in total. The molecule has 0 spiro atoms. The summed E-state index contributed by atoms with van der Waals surface area (Å²) in [5.41, 5.74) is 2.52. The molecule has 0 aliphatic rings. The van der Waals surface area contributed by atoms with Crippen LogP contribution in [0.15, 0.2) is 55.0 Å². The molecule has 0 saturated carbocycles. The average molecular weight is 336 g/mol. The number of aliphatic hydroxyl groups excluding tert-OH is 1. The van der Waals surface area contributed by atoms with Crippen molar-refractivity contribution in [2.75, 3.05) is 17.2 Å². The number of hydrogen-bond acceptors (Lipinski definition) is 7. The van der Waals surface area contributed by atoms with E-state index >= 15 is 0 Å². The van der Waals surface area contributed by atoms with E-state index in [-0.39, 0.29) is 12.6 Å². The van der Waals surface area contributed by atoms with Crippen LogP contribution >= 0.6 is 0 Å². The van der Waals surface area contributed by atoms with E-state index in [0.717, 1.165) is 11.3 Å². The predicted molar refractivity (Wildman–Crippen MR) is 97.0 cm³/mol. The number of nitrogens with zero attached hydrogens (tertiary/aromatic N) is 4. The van der Waals surface area contributed by atoms with E-state index in [4.69, 9.17) is 0 Å². The Kier molecular flexibility index (Phi) is 5.48. The average Bonchev–Trinajstić information content (AvgIpc) is 2.67. The van der Waals surface area contributed by atoms with Crippen molar-refractivity contribution in [1.29, 1.82) is 0 Å². The monoisotopic (exact) mass is 336 g/mol. The van der Waals surface area contributed by atoms with Gasteiger partial charge < -0.3 is 15.7 Å². The third-order valence-corrected chi connectivity index (χ3v) is 3.50. The zero-order valence-electron chi connectivity index (χ0n) is 13.9. The fourth-order valence-corrected chi connectivity index (χ4v) is 2.21. The molecular weight excluding hydrogens is 316 g/mol. The minimum atomic E-state index is -0.148. The summed E-state index contributed by atoms with van der Waals surface area (Å²) >= 11 is 0. The molecule has 0 radical (unpaired) electrons. The van der Waals surface area contributed by atoms with Crippen molar-refractivity contribution in [2.24, 2.45) is 0 Å². The number of aromatic nitrogens is 4. The third-order valence-electron chi connectivity index (χ3n) is 3.50. The van der Waals surface area contributed by atoms with E-state index in [0.29, 0.717) is 24.0 Å². The number of nitrogens with one attached hydrogen (secondary N) is 2. The lowest BCUT2D eigenvalue weighted by Crippen LogP contribution is -2.21. The maximum Gasteiger partial charge on any atom is 0.225 e. The summed E-state index contributed by atoms with van der Waals surface area (Å²) in [6.07, 6.45) is 5.27. The van der Waals surface area contributed by atoms with Crippen LogP contribution in [-0.4, -0.2) is 37.7 Å². The van der Waals surface area contributed by atoms with Crippen LogP contribution in [-0.2, 0) is 6.54 Å². The van der Waals surface area contributed by atoms with Crippen LogP contribution in [0.1, 0.15) is 12.5 Å². The Labute approximate surface area is 146 Å². The fourth-order valence-electron chi connectivity index (χ4n) is 2.21. The van der Waals surface area contributed by atoms with Gasteiger partial charge in [-0.2, -0.15) is 4.98 Å². The van der Waals surface area contributed by atoms with Crippen LogP contribution in [0.25, 0.3) is 11.4 Å². The lowest BCUT2D eigenvalue weighted by Gasteiger charge is -2.14. The summed E-state index contributed by atoms with van der Waals surface area (Å²) in [5.74, 6) is 1.12. The van der Waals surface area contributed by atoms with Crippen LogP contribution in [0.3, 0.4) is 0 Å². The Bertz CT molecular complexity index is 797. The van der Waals surface area contributed by atoms with Crippen molar-refractivity contribution in [3.63, 3.8) is 0 Å². The van der Waals surface area contributed by atoms with Crippen molar-refractivity contribution in [2.45, 2.75) is 19.5 Å². The molecule has 3 rings (SSSR count). The topological polar surface area (TPSA) is 95.8 Å². The lowest BCUT2D eigenvalue weighted by atomic mass is 10.2. The molecule has 0 amide bonds. The highest BCUT2D eigenvalue weighted by Crippen LogP contribution is 2.20. The molecule has 0 bridgehead atoms. The van der Waals surface area contributed by atoms with Crippen molar-refractivity contribution < 1.29 is 5.11 Å². The Hall–Kier alpha value is -3.06. The molecule has 3 aromatic heterocycles. The van der Waals surface area contributed by atoms with Gasteiger partial charge in [0, 0.05) is 37.2 Å². The van der Waals surface area contributed by atoms with E-state index in [1.54, 1.807) is 18.6 Å². The summed E-state index contributed by atoms with van der Waals surface area (Å²) in [5, 5.41) is 15.6. The highest BCUT2D eigenvalue weighted by Gasteiger charge is 2.09. The van der Waals surface area contributed by atoms with Crippen LogP contribution in [0, 0.1) is 0 Å². The molecule has 0 aliphatic carbocycles. The molecule has 3 heterocycles. The van der Waals surface area contributed by atoms with Gasteiger partial charge in [-0.25, -0.2) is 4.98 Å². The van der Waals surface area contributed by atoms with Crippen LogP contribution in [0.2, 0.25) is 0 Å². The second-order valence-corrected chi connectivity index (χ2v) is 5.62. The molecule has 128 valence electrons. The first-order valence-electron chi connectivity index (χ1n) is 8.05. The summed E-state index contributed by atoms with van der Waals surface area (Å²) < 4.78 is 0. The van der Waals surface area contributed by atoms with E-state index in [2.05, 4.69) is 30.6 Å².